The Morgan fingerprint density at radius 2 is 1.40 bits per heavy atom. The molecule has 0 spiro atoms. The monoisotopic (exact) mass is 325 g/mol. The molecule has 1 heterocycles. The number of nitrogens with zero attached hydrogens (tertiary/aromatic N) is 1. The van der Waals surface area contributed by atoms with Crippen molar-refractivity contribution in [1.29, 1.82) is 0 Å². The first-order valence-electron chi connectivity index (χ1n) is 8.50. The third kappa shape index (κ3) is 3.24. The molecular formula is C23H19NO. The Labute approximate surface area is 147 Å². The number of fused-ring (bicyclic) bond motifs is 1. The van der Waals surface area contributed by atoms with Gasteiger partial charge in [-0.2, -0.15) is 0 Å². The molecule has 0 bridgehead atoms. The van der Waals surface area contributed by atoms with Gasteiger partial charge in [-0.3, -0.25) is 4.79 Å². The lowest BCUT2D eigenvalue weighted by atomic mass is 10.0. The second kappa shape index (κ2) is 6.78. The first kappa shape index (κ1) is 15.4. The number of hydrogen-bond acceptors (Lipinski definition) is 1. The number of benzene rings is 3. The van der Waals surface area contributed by atoms with E-state index >= 15 is 0 Å². The van der Waals surface area contributed by atoms with Gasteiger partial charge in [-0.25, -0.2) is 0 Å². The van der Waals surface area contributed by atoms with Crippen molar-refractivity contribution in [2.45, 2.75) is 13.0 Å². The fourth-order valence-corrected chi connectivity index (χ4v) is 3.26. The van der Waals surface area contributed by atoms with Crippen LogP contribution in [0.15, 0.2) is 91.1 Å². The Hall–Kier alpha value is -3.13. The molecule has 0 aliphatic heterocycles. The van der Waals surface area contributed by atoms with Crippen LogP contribution in [0.3, 0.4) is 0 Å². The molecule has 0 amide bonds. The number of aromatic nitrogens is 1. The van der Waals surface area contributed by atoms with Gasteiger partial charge < -0.3 is 4.57 Å². The molecule has 0 saturated carbocycles. The Morgan fingerprint density at radius 3 is 2.12 bits per heavy atom. The van der Waals surface area contributed by atoms with Crippen molar-refractivity contribution in [1.82, 2.24) is 4.57 Å². The van der Waals surface area contributed by atoms with Gasteiger partial charge in [-0.1, -0.05) is 72.8 Å². The lowest BCUT2D eigenvalue weighted by Gasteiger charge is -2.07. The standard InChI is InChI=1S/C23H19NO/c25-23(16-18-8-3-1-4-9-18)21-12-7-13-22-20(21)14-15-24(22)17-19-10-5-2-6-11-19/h1-15H,16-17H2. The van der Waals surface area contributed by atoms with Crippen LogP contribution in [0.5, 0.6) is 0 Å². The molecule has 1 aromatic heterocycles. The SMILES string of the molecule is O=C(Cc1ccccc1)c1cccc2c1ccn2Cc1ccccc1. The van der Waals surface area contributed by atoms with Crippen LogP contribution < -0.4 is 0 Å². The first-order chi connectivity index (χ1) is 12.3. The maximum atomic E-state index is 12.8. The largest absolute Gasteiger partial charge is 0.343 e. The van der Waals surface area contributed by atoms with Crippen molar-refractivity contribution in [2.24, 2.45) is 0 Å². The van der Waals surface area contributed by atoms with E-state index in [4.69, 9.17) is 0 Å². The van der Waals surface area contributed by atoms with Crippen molar-refractivity contribution in [2.75, 3.05) is 0 Å². The van der Waals surface area contributed by atoms with E-state index in [1.54, 1.807) is 0 Å². The van der Waals surface area contributed by atoms with E-state index < -0.39 is 0 Å². The van der Waals surface area contributed by atoms with Crippen molar-refractivity contribution in [3.8, 4) is 0 Å². The zero-order valence-electron chi connectivity index (χ0n) is 13.9. The van der Waals surface area contributed by atoms with E-state index in [0.717, 1.165) is 28.6 Å². The van der Waals surface area contributed by atoms with E-state index in [-0.39, 0.29) is 5.78 Å². The number of hydrogen-bond donors (Lipinski definition) is 0. The molecule has 0 atom stereocenters. The van der Waals surface area contributed by atoms with Crippen LogP contribution in [0, 0.1) is 0 Å². The quantitative estimate of drug-likeness (QED) is 0.467. The molecular weight excluding hydrogens is 306 g/mol. The minimum Gasteiger partial charge on any atom is -0.343 e. The first-order valence-corrected chi connectivity index (χ1v) is 8.50. The smallest absolute Gasteiger partial charge is 0.167 e. The summed E-state index contributed by atoms with van der Waals surface area (Å²) in [4.78, 5) is 12.8. The second-order valence-corrected chi connectivity index (χ2v) is 6.25. The van der Waals surface area contributed by atoms with Crippen molar-refractivity contribution < 1.29 is 4.79 Å². The van der Waals surface area contributed by atoms with E-state index in [0.29, 0.717) is 6.42 Å². The Balaban J connectivity index is 1.66. The number of carbonyl (C=O) groups excluding carboxylic acids is 1. The third-order valence-corrected chi connectivity index (χ3v) is 4.52. The summed E-state index contributed by atoms with van der Waals surface area (Å²) in [5.41, 5.74) is 4.20. The summed E-state index contributed by atoms with van der Waals surface area (Å²) in [5, 5.41) is 1.03. The van der Waals surface area contributed by atoms with Gasteiger partial charge in [0.05, 0.1) is 0 Å². The van der Waals surface area contributed by atoms with Gasteiger partial charge in [0.25, 0.3) is 0 Å². The van der Waals surface area contributed by atoms with E-state index in [2.05, 4.69) is 47.2 Å². The molecule has 0 fully saturated rings. The minimum atomic E-state index is 0.161. The molecule has 4 aromatic rings. The van der Waals surface area contributed by atoms with Crippen LogP contribution in [0.1, 0.15) is 21.5 Å². The van der Waals surface area contributed by atoms with Crippen LogP contribution in [0.4, 0.5) is 0 Å². The highest BCUT2D eigenvalue weighted by Gasteiger charge is 2.13. The molecule has 122 valence electrons. The van der Waals surface area contributed by atoms with Crippen LogP contribution in [0.2, 0.25) is 0 Å². The van der Waals surface area contributed by atoms with Gasteiger partial charge in [-0.15, -0.1) is 0 Å². The summed E-state index contributed by atoms with van der Waals surface area (Å²) in [6.45, 7) is 0.806. The van der Waals surface area contributed by atoms with Crippen molar-refractivity contribution in [3.05, 3.63) is 108 Å². The average Bonchev–Trinajstić information content (AvgIpc) is 3.06. The molecule has 0 aliphatic rings. The predicted octanol–water partition coefficient (Wildman–Crippen LogP) is 5.12. The molecule has 0 N–H and O–H groups in total. The summed E-state index contributed by atoms with van der Waals surface area (Å²) in [6, 6.07) is 28.3. The number of Topliss-reactive ketones (excluding diaryl/α,β-unsaturated/α-hetero) is 1. The Kier molecular flexibility index (Phi) is 4.17. The maximum absolute atomic E-state index is 12.8. The lowest BCUT2D eigenvalue weighted by molar-refractivity contribution is 0.0994. The zero-order chi connectivity index (χ0) is 17.1. The fourth-order valence-electron chi connectivity index (χ4n) is 3.26. The predicted molar refractivity (Wildman–Crippen MR) is 102 cm³/mol. The van der Waals surface area contributed by atoms with Gasteiger partial charge in [0.2, 0.25) is 0 Å². The van der Waals surface area contributed by atoms with Gasteiger partial charge >= 0.3 is 0 Å². The highest BCUT2D eigenvalue weighted by atomic mass is 16.1. The van der Waals surface area contributed by atoms with Crippen LogP contribution in [-0.4, -0.2) is 10.4 Å². The topological polar surface area (TPSA) is 22.0 Å². The molecule has 0 unspecified atom stereocenters. The van der Waals surface area contributed by atoms with Gasteiger partial charge in [0, 0.05) is 35.6 Å². The number of rotatable bonds is 5. The molecule has 0 saturated heterocycles. The summed E-state index contributed by atoms with van der Waals surface area (Å²) in [5.74, 6) is 0.161. The molecule has 25 heavy (non-hydrogen) atoms. The Morgan fingerprint density at radius 1 is 0.720 bits per heavy atom. The number of carbonyl (C=O) groups is 1. The molecule has 0 aliphatic carbocycles. The summed E-state index contributed by atoms with van der Waals surface area (Å²) in [6.07, 6.45) is 2.50. The number of ketones is 1. The normalized spacial score (nSPS) is 10.9. The summed E-state index contributed by atoms with van der Waals surface area (Å²) < 4.78 is 2.20. The molecule has 0 radical (unpaired) electrons. The van der Waals surface area contributed by atoms with Crippen molar-refractivity contribution in [3.63, 3.8) is 0 Å². The zero-order valence-corrected chi connectivity index (χ0v) is 13.9. The second-order valence-electron chi connectivity index (χ2n) is 6.25. The molecule has 3 aromatic carbocycles. The fraction of sp³-hybridized carbons (Fsp3) is 0.0870. The third-order valence-electron chi connectivity index (χ3n) is 4.52. The Bertz CT molecular complexity index is 1000. The molecule has 2 heteroatoms. The van der Waals surface area contributed by atoms with Crippen LogP contribution in [-0.2, 0) is 13.0 Å². The van der Waals surface area contributed by atoms with Crippen LogP contribution >= 0.6 is 0 Å². The van der Waals surface area contributed by atoms with Gasteiger partial charge in [-0.05, 0) is 23.3 Å². The van der Waals surface area contributed by atoms with E-state index in [9.17, 15) is 4.79 Å². The average molecular weight is 325 g/mol. The lowest BCUT2D eigenvalue weighted by Crippen LogP contribution is -2.04. The minimum absolute atomic E-state index is 0.161. The van der Waals surface area contributed by atoms with E-state index in [1.165, 1.54) is 5.56 Å². The van der Waals surface area contributed by atoms with E-state index in [1.807, 2.05) is 48.5 Å². The summed E-state index contributed by atoms with van der Waals surface area (Å²) >= 11 is 0. The highest BCUT2D eigenvalue weighted by molar-refractivity contribution is 6.08. The van der Waals surface area contributed by atoms with Gasteiger partial charge in [0.1, 0.15) is 0 Å². The van der Waals surface area contributed by atoms with Crippen molar-refractivity contribution >= 4 is 16.7 Å². The van der Waals surface area contributed by atoms with Gasteiger partial charge in [0.15, 0.2) is 5.78 Å². The maximum Gasteiger partial charge on any atom is 0.167 e. The highest BCUT2D eigenvalue weighted by Crippen LogP contribution is 2.23. The molecule has 4 rings (SSSR count). The molecule has 2 nitrogen and oxygen atoms in total. The summed E-state index contributed by atoms with van der Waals surface area (Å²) in [7, 11) is 0. The van der Waals surface area contributed by atoms with Crippen LogP contribution in [0.25, 0.3) is 10.9 Å².